The number of likely N-dealkylation sites (N-methyl/N-ethyl adjacent to an activating group) is 1. The maximum absolute atomic E-state index is 13.6. The molecule has 0 spiro atoms. The molecule has 0 aromatic carbocycles. The molecule has 0 aliphatic heterocycles. The number of carbonyl (C=O) groups excluding carboxylic acids is 2. The Bertz CT molecular complexity index is 1640. The molecular weight excluding hydrogens is 1010 g/mol. The number of phosphoric acid groups is 1. The van der Waals surface area contributed by atoms with Crippen LogP contribution in [-0.4, -0.2) is 69.4 Å². The number of phosphoric ester groups is 1. The van der Waals surface area contributed by atoms with Gasteiger partial charge in [-0.05, 0) is 83.1 Å². The zero-order valence-electron chi connectivity index (χ0n) is 53.0. The largest absolute Gasteiger partial charge is 0.756 e. The Kier molecular flexibility index (Phi) is 57.3. The Morgan fingerprint density at radius 3 is 1.20 bits per heavy atom. The molecule has 0 heterocycles. The minimum atomic E-state index is -4.71. The van der Waals surface area contributed by atoms with E-state index in [4.69, 9.17) is 13.8 Å². The van der Waals surface area contributed by atoms with Crippen LogP contribution >= 0.6 is 7.82 Å². The van der Waals surface area contributed by atoms with E-state index in [0.717, 1.165) is 116 Å². The zero-order chi connectivity index (χ0) is 58.6. The number of quaternary nitrogens is 1. The minimum absolute atomic E-state index is 0.0265. The van der Waals surface area contributed by atoms with Crippen molar-refractivity contribution in [1.29, 1.82) is 0 Å². The van der Waals surface area contributed by atoms with Crippen LogP contribution < -0.4 is 10.2 Å². The first-order chi connectivity index (χ1) is 38.9. The third kappa shape index (κ3) is 59.8. The molecule has 80 heavy (non-hydrogen) atoms. The number of amides is 1. The molecule has 1 amide bonds. The minimum Gasteiger partial charge on any atom is -0.756 e. The molecule has 0 saturated carbocycles. The number of nitrogens with one attached hydrogen (secondary N) is 1. The third-order valence-corrected chi connectivity index (χ3v) is 15.6. The van der Waals surface area contributed by atoms with Crippen molar-refractivity contribution in [2.45, 2.75) is 309 Å². The Labute approximate surface area is 495 Å². The van der Waals surface area contributed by atoms with E-state index in [2.05, 4.69) is 99.0 Å². The molecular formula is C70H127N2O7P. The lowest BCUT2D eigenvalue weighted by Gasteiger charge is -2.30. The van der Waals surface area contributed by atoms with Gasteiger partial charge in [0.15, 0.2) is 0 Å². The van der Waals surface area contributed by atoms with Gasteiger partial charge in [-0.2, -0.15) is 0 Å². The van der Waals surface area contributed by atoms with Crippen LogP contribution in [0.3, 0.4) is 0 Å². The number of hydrogen-bond donors (Lipinski definition) is 1. The first-order valence-corrected chi connectivity index (χ1v) is 34.9. The molecule has 0 radical (unpaired) electrons. The Morgan fingerprint density at radius 1 is 0.450 bits per heavy atom. The predicted molar refractivity (Wildman–Crippen MR) is 344 cm³/mol. The molecule has 1 N–H and O–H groups in total. The average molecular weight is 1140 g/mol. The van der Waals surface area contributed by atoms with Gasteiger partial charge < -0.3 is 28.5 Å². The highest BCUT2D eigenvalue weighted by molar-refractivity contribution is 7.45. The average Bonchev–Trinajstić information content (AvgIpc) is 3.42. The van der Waals surface area contributed by atoms with E-state index in [-0.39, 0.29) is 24.9 Å². The van der Waals surface area contributed by atoms with Crippen molar-refractivity contribution in [3.63, 3.8) is 0 Å². The molecule has 10 heteroatoms. The van der Waals surface area contributed by atoms with Gasteiger partial charge in [0.2, 0.25) is 5.91 Å². The van der Waals surface area contributed by atoms with Gasteiger partial charge in [-0.15, -0.1) is 0 Å². The Balaban J connectivity index is 5.17. The number of unbranched alkanes of at least 4 members (excludes halogenated alkanes) is 32. The van der Waals surface area contributed by atoms with E-state index in [1.807, 2.05) is 33.3 Å². The normalized spacial score (nSPS) is 14.1. The van der Waals surface area contributed by atoms with Crippen molar-refractivity contribution >= 4 is 19.7 Å². The van der Waals surface area contributed by atoms with Gasteiger partial charge in [-0.1, -0.05) is 286 Å². The van der Waals surface area contributed by atoms with E-state index < -0.39 is 26.6 Å². The second-order valence-corrected chi connectivity index (χ2v) is 25.0. The fourth-order valence-electron chi connectivity index (χ4n) is 9.47. The maximum Gasteiger partial charge on any atom is 0.306 e. The second-order valence-electron chi connectivity index (χ2n) is 23.6. The predicted octanol–water partition coefficient (Wildman–Crippen LogP) is 20.3. The quantitative estimate of drug-likeness (QED) is 0.0212. The van der Waals surface area contributed by atoms with E-state index in [9.17, 15) is 19.0 Å². The topological polar surface area (TPSA) is 114 Å². The molecule has 0 saturated heterocycles. The molecule has 9 nitrogen and oxygen atoms in total. The number of nitrogens with zero attached hydrogens (tertiary/aromatic N) is 1. The highest BCUT2D eigenvalue weighted by Gasteiger charge is 2.27. The molecule has 3 atom stereocenters. The summed E-state index contributed by atoms with van der Waals surface area (Å²) in [4.78, 5) is 40.1. The summed E-state index contributed by atoms with van der Waals surface area (Å²) in [5.74, 6) is -0.552. The van der Waals surface area contributed by atoms with Crippen LogP contribution in [-0.2, 0) is 27.9 Å². The van der Waals surface area contributed by atoms with Gasteiger partial charge in [0, 0.05) is 12.8 Å². The van der Waals surface area contributed by atoms with Gasteiger partial charge in [0.05, 0.1) is 33.8 Å². The first-order valence-electron chi connectivity index (χ1n) is 33.4. The lowest BCUT2D eigenvalue weighted by Crippen LogP contribution is -2.47. The molecule has 0 fully saturated rings. The van der Waals surface area contributed by atoms with Crippen molar-refractivity contribution in [1.82, 2.24) is 5.32 Å². The van der Waals surface area contributed by atoms with E-state index >= 15 is 0 Å². The molecule has 464 valence electrons. The van der Waals surface area contributed by atoms with E-state index in [0.29, 0.717) is 23.9 Å². The van der Waals surface area contributed by atoms with Crippen LogP contribution in [0.1, 0.15) is 297 Å². The summed E-state index contributed by atoms with van der Waals surface area (Å²) in [5.41, 5.74) is 0. The number of ether oxygens (including phenoxy) is 1. The number of esters is 1. The standard InChI is InChI=1S/C70H127N2O7P/c1-7-10-13-16-19-22-25-28-30-32-33-34-35-36-37-38-39-41-43-45-48-51-54-57-60-63-70(74)79-68(61-58-55-52-49-46-27-24-21-18-15-12-9-3)67(66-78-80(75,76)77-65-64-72(4,5)6)71-69(73)62-59-56-53-50-47-44-42-40-31-29-26-23-20-17-14-11-8-2/h10,13,19,22,28,30,33-34,36-37,39,41,58,61,67-68H,7-9,11-12,14-18,20-21,23-27,29,31-32,35,38,40,42-57,59-60,62-66H2,1-6H3,(H-,71,73,75,76)/b13-10-,22-19-,30-28-,34-33-,37-36-,41-39-,61-58+. The first kappa shape index (κ1) is 77.2. The van der Waals surface area contributed by atoms with Crippen LogP contribution in [0.4, 0.5) is 0 Å². The van der Waals surface area contributed by atoms with Gasteiger partial charge in [-0.25, -0.2) is 0 Å². The summed E-state index contributed by atoms with van der Waals surface area (Å²) in [6, 6.07) is -0.897. The summed E-state index contributed by atoms with van der Waals surface area (Å²) < 4.78 is 30.4. The Hall–Kier alpha value is -2.81. The monoisotopic (exact) mass is 1140 g/mol. The summed E-state index contributed by atoms with van der Waals surface area (Å²) >= 11 is 0. The number of rotatable bonds is 60. The highest BCUT2D eigenvalue weighted by Crippen LogP contribution is 2.38. The third-order valence-electron chi connectivity index (χ3n) is 14.6. The van der Waals surface area contributed by atoms with Crippen LogP contribution in [0.2, 0.25) is 0 Å². The highest BCUT2D eigenvalue weighted by atomic mass is 31.2. The SMILES string of the molecule is CC/C=C\C/C=C\C/C=C\C/C=C\C/C=C\C/C=C\CCCCCCCCC(=O)OC(/C=C/CCCCCCCCCCCC)C(COP(=O)([O-])OCC[N+](C)(C)C)NC(=O)CCCCCCCCCCCCCCCCCCC. The van der Waals surface area contributed by atoms with Crippen molar-refractivity contribution in [3.05, 3.63) is 85.1 Å². The molecule has 0 aliphatic rings. The van der Waals surface area contributed by atoms with Crippen molar-refractivity contribution in [3.8, 4) is 0 Å². The lowest BCUT2D eigenvalue weighted by molar-refractivity contribution is -0.870. The zero-order valence-corrected chi connectivity index (χ0v) is 53.9. The summed E-state index contributed by atoms with van der Waals surface area (Å²) in [5, 5.41) is 3.03. The number of allylic oxidation sites excluding steroid dienone is 13. The molecule has 0 aliphatic carbocycles. The summed E-state index contributed by atoms with van der Waals surface area (Å²) in [6.07, 6.45) is 78.3. The fraction of sp³-hybridized carbons (Fsp3) is 0.771. The number of carbonyl (C=O) groups is 2. The maximum atomic E-state index is 13.6. The smallest absolute Gasteiger partial charge is 0.306 e. The van der Waals surface area contributed by atoms with Crippen LogP contribution in [0.25, 0.3) is 0 Å². The molecule has 0 bridgehead atoms. The summed E-state index contributed by atoms with van der Waals surface area (Å²) in [6.45, 7) is 6.74. The molecule has 0 rings (SSSR count). The van der Waals surface area contributed by atoms with Gasteiger partial charge in [-0.3, -0.25) is 14.2 Å². The van der Waals surface area contributed by atoms with Gasteiger partial charge in [0.25, 0.3) is 7.82 Å². The van der Waals surface area contributed by atoms with Crippen LogP contribution in [0.5, 0.6) is 0 Å². The fourth-order valence-corrected chi connectivity index (χ4v) is 10.2. The lowest BCUT2D eigenvalue weighted by atomic mass is 10.0. The number of hydrogen-bond acceptors (Lipinski definition) is 7. The molecule has 3 unspecified atom stereocenters. The van der Waals surface area contributed by atoms with Gasteiger partial charge >= 0.3 is 5.97 Å². The van der Waals surface area contributed by atoms with Gasteiger partial charge in [0.1, 0.15) is 19.3 Å². The molecule has 0 aromatic heterocycles. The summed E-state index contributed by atoms with van der Waals surface area (Å²) in [7, 11) is 1.18. The van der Waals surface area contributed by atoms with E-state index in [1.165, 1.54) is 141 Å². The molecule has 0 aromatic rings. The van der Waals surface area contributed by atoms with E-state index in [1.54, 1.807) is 0 Å². The Morgan fingerprint density at radius 2 is 0.800 bits per heavy atom. The van der Waals surface area contributed by atoms with Crippen molar-refractivity contribution in [2.24, 2.45) is 0 Å². The second kappa shape index (κ2) is 59.4. The van der Waals surface area contributed by atoms with Crippen molar-refractivity contribution in [2.75, 3.05) is 40.9 Å². The van der Waals surface area contributed by atoms with Crippen molar-refractivity contribution < 1.29 is 37.3 Å². The van der Waals surface area contributed by atoms with Crippen LogP contribution in [0.15, 0.2) is 85.1 Å². The van der Waals surface area contributed by atoms with Crippen LogP contribution in [0, 0.1) is 0 Å².